The third kappa shape index (κ3) is 6.20. The van der Waals surface area contributed by atoms with Crippen LogP contribution in [0.3, 0.4) is 0 Å². The summed E-state index contributed by atoms with van der Waals surface area (Å²) in [5.74, 6) is -3.05. The number of para-hydroxylation sites is 2. The zero-order chi connectivity index (χ0) is 17.4. The topological polar surface area (TPSA) is 72.5 Å². The zero-order valence-electron chi connectivity index (χ0n) is 14.6. The van der Waals surface area contributed by atoms with E-state index in [9.17, 15) is 14.7 Å². The van der Waals surface area contributed by atoms with Crippen LogP contribution in [0, 0.1) is 5.92 Å². The first-order valence-electron chi connectivity index (χ1n) is 8.05. The molecular formula is C19H21N2NaO3. The van der Waals surface area contributed by atoms with Gasteiger partial charge in [-0.15, -0.1) is 0 Å². The maximum absolute atomic E-state index is 12.8. The molecule has 1 unspecified atom stereocenters. The van der Waals surface area contributed by atoms with E-state index < -0.39 is 17.8 Å². The average molecular weight is 348 g/mol. The molecule has 0 aliphatic rings. The third-order valence-corrected chi connectivity index (χ3v) is 3.68. The second-order valence-electron chi connectivity index (χ2n) is 5.50. The maximum atomic E-state index is 12.8. The van der Waals surface area contributed by atoms with E-state index in [1.165, 1.54) is 5.01 Å². The van der Waals surface area contributed by atoms with Gasteiger partial charge in [-0.2, -0.15) is 0 Å². The molecule has 2 aromatic rings. The first-order valence-corrected chi connectivity index (χ1v) is 8.05. The molecule has 5 nitrogen and oxygen atoms in total. The van der Waals surface area contributed by atoms with Gasteiger partial charge in [-0.05, 0) is 30.7 Å². The molecule has 6 heteroatoms. The fourth-order valence-electron chi connectivity index (χ4n) is 2.37. The van der Waals surface area contributed by atoms with Crippen molar-refractivity contribution in [2.75, 3.05) is 10.4 Å². The zero-order valence-corrected chi connectivity index (χ0v) is 16.6. The Bertz CT molecular complexity index is 665. The standard InChI is InChI=1S/C19H22N2O3.Na/c1-2-3-14-17(19(23)24)18(22)21(16-12-8-5-9-13-16)20-15-10-6-4-7-11-15;/h4-13,17,20H,2-3,14H2,1H3,(H,23,24);/q;+1/p-1. The molecule has 126 valence electrons. The van der Waals surface area contributed by atoms with E-state index in [0.717, 1.165) is 6.42 Å². The second-order valence-corrected chi connectivity index (χ2v) is 5.50. The number of carboxylic acid groups (broad SMARTS) is 1. The van der Waals surface area contributed by atoms with Crippen molar-refractivity contribution in [3.63, 3.8) is 0 Å². The minimum absolute atomic E-state index is 0. The van der Waals surface area contributed by atoms with Crippen molar-refractivity contribution < 1.29 is 44.3 Å². The third-order valence-electron chi connectivity index (χ3n) is 3.68. The molecule has 0 saturated carbocycles. The number of unbranched alkanes of at least 4 members (excludes halogenated alkanes) is 1. The Kier molecular flexibility index (Phi) is 9.27. The van der Waals surface area contributed by atoms with Gasteiger partial charge in [0.15, 0.2) is 0 Å². The predicted molar refractivity (Wildman–Crippen MR) is 92.0 cm³/mol. The molecule has 0 aromatic heterocycles. The van der Waals surface area contributed by atoms with Crippen LogP contribution in [-0.4, -0.2) is 11.9 Å². The van der Waals surface area contributed by atoms with Crippen molar-refractivity contribution >= 4 is 23.3 Å². The van der Waals surface area contributed by atoms with Gasteiger partial charge in [0.05, 0.1) is 23.3 Å². The van der Waals surface area contributed by atoms with Crippen molar-refractivity contribution in [2.45, 2.75) is 26.2 Å². The number of hydrazine groups is 1. The number of amides is 1. The Balaban J connectivity index is 0.00000312. The molecule has 1 amide bonds. The summed E-state index contributed by atoms with van der Waals surface area (Å²) in [6.45, 7) is 1.95. The van der Waals surface area contributed by atoms with Gasteiger partial charge in [-0.3, -0.25) is 10.2 Å². The molecule has 0 fully saturated rings. The smallest absolute Gasteiger partial charge is 0.549 e. The molecule has 2 aromatic carbocycles. The molecule has 0 saturated heterocycles. The number of aliphatic carboxylic acids is 1. The molecule has 1 N–H and O–H groups in total. The summed E-state index contributed by atoms with van der Waals surface area (Å²) in [6, 6.07) is 18.1. The van der Waals surface area contributed by atoms with E-state index in [0.29, 0.717) is 17.8 Å². The van der Waals surface area contributed by atoms with Crippen molar-refractivity contribution in [2.24, 2.45) is 5.92 Å². The van der Waals surface area contributed by atoms with Gasteiger partial charge in [0.25, 0.3) is 5.91 Å². The van der Waals surface area contributed by atoms with Gasteiger partial charge in [0, 0.05) is 0 Å². The molecule has 1 atom stereocenters. The number of carbonyl (C=O) groups excluding carboxylic acids is 2. The summed E-state index contributed by atoms with van der Waals surface area (Å²) >= 11 is 0. The van der Waals surface area contributed by atoms with Gasteiger partial charge in [0.2, 0.25) is 0 Å². The maximum Gasteiger partial charge on any atom is 1.00 e. The van der Waals surface area contributed by atoms with Crippen LogP contribution in [0.15, 0.2) is 60.7 Å². The van der Waals surface area contributed by atoms with E-state index in [2.05, 4.69) is 5.43 Å². The van der Waals surface area contributed by atoms with Crippen molar-refractivity contribution in [3.8, 4) is 0 Å². The first kappa shape index (κ1) is 21.2. The molecule has 0 bridgehead atoms. The van der Waals surface area contributed by atoms with Gasteiger partial charge < -0.3 is 9.90 Å². The Hall–Kier alpha value is -1.82. The van der Waals surface area contributed by atoms with Crippen molar-refractivity contribution in [3.05, 3.63) is 60.7 Å². The Morgan fingerprint density at radius 3 is 2.12 bits per heavy atom. The molecule has 0 aliphatic carbocycles. The Labute approximate surface area is 170 Å². The fourth-order valence-corrected chi connectivity index (χ4v) is 2.37. The Morgan fingerprint density at radius 1 is 1.04 bits per heavy atom. The van der Waals surface area contributed by atoms with E-state index in [4.69, 9.17) is 0 Å². The normalized spacial score (nSPS) is 11.1. The minimum atomic E-state index is -1.34. The number of carbonyl (C=O) groups is 2. The van der Waals surface area contributed by atoms with Crippen LogP contribution in [0.2, 0.25) is 0 Å². The van der Waals surface area contributed by atoms with E-state index in [-0.39, 0.29) is 36.0 Å². The molecule has 25 heavy (non-hydrogen) atoms. The number of benzene rings is 2. The largest absolute Gasteiger partial charge is 1.00 e. The summed E-state index contributed by atoms with van der Waals surface area (Å²) in [6.07, 6.45) is 1.73. The number of hydrogen-bond donors (Lipinski definition) is 1. The van der Waals surface area contributed by atoms with Crippen LogP contribution in [-0.2, 0) is 9.59 Å². The molecule has 2 rings (SSSR count). The number of hydrogen-bond acceptors (Lipinski definition) is 4. The van der Waals surface area contributed by atoms with Crippen LogP contribution in [0.4, 0.5) is 11.4 Å². The number of carboxylic acids is 1. The molecule has 0 spiro atoms. The summed E-state index contributed by atoms with van der Waals surface area (Å²) in [4.78, 5) is 24.3. The van der Waals surface area contributed by atoms with Crippen molar-refractivity contribution in [1.82, 2.24) is 0 Å². The van der Waals surface area contributed by atoms with Gasteiger partial charge in [0.1, 0.15) is 0 Å². The van der Waals surface area contributed by atoms with Gasteiger partial charge >= 0.3 is 29.6 Å². The minimum Gasteiger partial charge on any atom is -0.549 e. The number of nitrogens with one attached hydrogen (secondary N) is 1. The fraction of sp³-hybridized carbons (Fsp3) is 0.263. The summed E-state index contributed by atoms with van der Waals surface area (Å²) in [5.41, 5.74) is 4.27. The molecule has 0 radical (unpaired) electrons. The predicted octanol–water partition coefficient (Wildman–Crippen LogP) is -0.393. The second kappa shape index (κ2) is 10.9. The van der Waals surface area contributed by atoms with Crippen LogP contribution in [0.1, 0.15) is 26.2 Å². The number of nitrogens with zero attached hydrogens (tertiary/aromatic N) is 1. The van der Waals surface area contributed by atoms with Gasteiger partial charge in [-0.1, -0.05) is 56.2 Å². The summed E-state index contributed by atoms with van der Waals surface area (Å²) in [7, 11) is 0. The SMILES string of the molecule is CCCCC(C(=O)[O-])C(=O)N(Nc1ccccc1)c1ccccc1.[Na+]. The number of anilines is 2. The quantitative estimate of drug-likeness (QED) is 0.401. The molecule has 0 heterocycles. The van der Waals surface area contributed by atoms with Crippen molar-refractivity contribution in [1.29, 1.82) is 0 Å². The van der Waals surface area contributed by atoms with Crippen LogP contribution in [0.25, 0.3) is 0 Å². The number of rotatable bonds is 8. The van der Waals surface area contributed by atoms with E-state index >= 15 is 0 Å². The average Bonchev–Trinajstić information content (AvgIpc) is 2.61. The first-order chi connectivity index (χ1) is 11.6. The van der Waals surface area contributed by atoms with E-state index in [1.54, 1.807) is 24.3 Å². The van der Waals surface area contributed by atoms with Crippen LogP contribution < -0.4 is 45.1 Å². The van der Waals surface area contributed by atoms with Crippen LogP contribution in [0.5, 0.6) is 0 Å². The monoisotopic (exact) mass is 348 g/mol. The summed E-state index contributed by atoms with van der Waals surface area (Å²) in [5, 5.41) is 12.7. The van der Waals surface area contributed by atoms with Gasteiger partial charge in [-0.25, -0.2) is 5.01 Å². The van der Waals surface area contributed by atoms with E-state index in [1.807, 2.05) is 43.3 Å². The molecule has 0 aliphatic heterocycles. The van der Waals surface area contributed by atoms with Crippen LogP contribution >= 0.6 is 0 Å². The molecular weight excluding hydrogens is 327 g/mol. The Morgan fingerprint density at radius 2 is 1.60 bits per heavy atom. The summed E-state index contributed by atoms with van der Waals surface area (Å²) < 4.78 is 0.